The van der Waals surface area contributed by atoms with Crippen LogP contribution in [0.1, 0.15) is 16.7 Å². The van der Waals surface area contributed by atoms with Crippen LogP contribution in [0.4, 0.5) is 13.2 Å². The molecule has 0 saturated carbocycles. The molecule has 0 unspecified atom stereocenters. The van der Waals surface area contributed by atoms with Crippen molar-refractivity contribution in [2.45, 2.75) is 26.3 Å². The van der Waals surface area contributed by atoms with Crippen LogP contribution in [0, 0.1) is 5.82 Å². The van der Waals surface area contributed by atoms with E-state index in [-0.39, 0.29) is 30.2 Å². The maximum absolute atomic E-state index is 13.3. The highest BCUT2D eigenvalue weighted by molar-refractivity contribution is 5.46. The topological polar surface area (TPSA) is 50.7 Å². The molecule has 2 rings (SSSR count). The third-order valence-corrected chi connectivity index (χ3v) is 3.41. The van der Waals surface area contributed by atoms with E-state index in [9.17, 15) is 13.2 Å². The van der Waals surface area contributed by atoms with Crippen molar-refractivity contribution in [2.75, 3.05) is 7.11 Å². The fraction of sp³-hybridized carbons (Fsp3) is 0.294. The van der Waals surface area contributed by atoms with Gasteiger partial charge >= 0.3 is 6.61 Å². The second-order valence-corrected chi connectivity index (χ2v) is 5.01. The van der Waals surface area contributed by atoms with Crippen LogP contribution < -0.4 is 14.8 Å². The summed E-state index contributed by atoms with van der Waals surface area (Å²) >= 11 is 0. The maximum Gasteiger partial charge on any atom is 0.387 e. The second kappa shape index (κ2) is 8.56. The molecule has 0 aliphatic heterocycles. The van der Waals surface area contributed by atoms with E-state index in [1.165, 1.54) is 19.2 Å². The second-order valence-electron chi connectivity index (χ2n) is 5.01. The summed E-state index contributed by atoms with van der Waals surface area (Å²) in [5.74, 6) is -0.265. The van der Waals surface area contributed by atoms with Crippen molar-refractivity contribution in [3.63, 3.8) is 0 Å². The third kappa shape index (κ3) is 4.62. The van der Waals surface area contributed by atoms with Gasteiger partial charge in [0.2, 0.25) is 0 Å². The van der Waals surface area contributed by atoms with Gasteiger partial charge in [-0.15, -0.1) is 0 Å². The molecular formula is C17H18F3NO3. The molecule has 0 bridgehead atoms. The van der Waals surface area contributed by atoms with Crippen molar-refractivity contribution < 1.29 is 27.8 Å². The first kappa shape index (κ1) is 18.1. The quantitative estimate of drug-likeness (QED) is 0.774. The molecule has 0 aliphatic rings. The molecule has 24 heavy (non-hydrogen) atoms. The van der Waals surface area contributed by atoms with E-state index in [0.29, 0.717) is 12.1 Å². The zero-order chi connectivity index (χ0) is 17.5. The molecule has 7 heteroatoms. The lowest BCUT2D eigenvalue weighted by Crippen LogP contribution is -2.15. The monoisotopic (exact) mass is 341 g/mol. The van der Waals surface area contributed by atoms with Crippen LogP contribution in [0.15, 0.2) is 36.4 Å². The first-order chi connectivity index (χ1) is 11.5. The molecular weight excluding hydrogens is 323 g/mol. The van der Waals surface area contributed by atoms with Gasteiger partial charge in [-0.1, -0.05) is 18.2 Å². The summed E-state index contributed by atoms with van der Waals surface area (Å²) in [5.41, 5.74) is 1.48. The zero-order valence-corrected chi connectivity index (χ0v) is 13.1. The number of para-hydroxylation sites is 1. The lowest BCUT2D eigenvalue weighted by atomic mass is 10.1. The molecule has 130 valence electrons. The molecule has 0 saturated heterocycles. The number of aliphatic hydroxyl groups is 1. The van der Waals surface area contributed by atoms with Gasteiger partial charge < -0.3 is 19.9 Å². The maximum atomic E-state index is 13.3. The summed E-state index contributed by atoms with van der Waals surface area (Å²) in [4.78, 5) is 0. The Hall–Kier alpha value is -2.25. The van der Waals surface area contributed by atoms with Crippen LogP contribution in [-0.4, -0.2) is 18.8 Å². The van der Waals surface area contributed by atoms with E-state index in [1.54, 1.807) is 24.3 Å². The Morgan fingerprint density at radius 3 is 2.58 bits per heavy atom. The number of hydrogen-bond donors (Lipinski definition) is 2. The molecule has 0 fully saturated rings. The Kier molecular flexibility index (Phi) is 6.45. The zero-order valence-electron chi connectivity index (χ0n) is 13.1. The first-order valence-electron chi connectivity index (χ1n) is 7.24. The highest BCUT2D eigenvalue weighted by atomic mass is 19.3. The number of methoxy groups -OCH3 is 1. The Labute approximate surface area is 137 Å². The van der Waals surface area contributed by atoms with E-state index in [0.717, 1.165) is 5.56 Å². The highest BCUT2D eigenvalue weighted by Crippen LogP contribution is 2.32. The molecule has 2 aromatic carbocycles. The van der Waals surface area contributed by atoms with Gasteiger partial charge in [-0.2, -0.15) is 8.78 Å². The first-order valence-corrected chi connectivity index (χ1v) is 7.24. The lowest BCUT2D eigenvalue weighted by Gasteiger charge is -2.15. The minimum Gasteiger partial charge on any atom is -0.493 e. The van der Waals surface area contributed by atoms with Gasteiger partial charge in [-0.25, -0.2) is 4.39 Å². The third-order valence-electron chi connectivity index (χ3n) is 3.41. The molecule has 4 nitrogen and oxygen atoms in total. The van der Waals surface area contributed by atoms with Gasteiger partial charge in [-0.05, 0) is 23.8 Å². The lowest BCUT2D eigenvalue weighted by molar-refractivity contribution is -0.0518. The van der Waals surface area contributed by atoms with Gasteiger partial charge in [0.1, 0.15) is 5.82 Å². The predicted octanol–water partition coefficient (Wildman–Crippen LogP) is 3.22. The van der Waals surface area contributed by atoms with Crippen LogP contribution in [0.3, 0.4) is 0 Å². The minimum atomic E-state index is -2.95. The fourth-order valence-electron chi connectivity index (χ4n) is 2.28. The van der Waals surface area contributed by atoms with Crippen molar-refractivity contribution in [1.82, 2.24) is 5.32 Å². The van der Waals surface area contributed by atoms with Crippen molar-refractivity contribution in [3.8, 4) is 11.5 Å². The van der Waals surface area contributed by atoms with Crippen molar-refractivity contribution >= 4 is 0 Å². The van der Waals surface area contributed by atoms with Crippen LogP contribution in [-0.2, 0) is 19.7 Å². The molecule has 0 radical (unpaired) electrons. The average Bonchev–Trinajstić information content (AvgIpc) is 2.57. The van der Waals surface area contributed by atoms with Crippen LogP contribution in [0.5, 0.6) is 11.5 Å². The van der Waals surface area contributed by atoms with E-state index < -0.39 is 12.4 Å². The van der Waals surface area contributed by atoms with E-state index in [2.05, 4.69) is 10.1 Å². The van der Waals surface area contributed by atoms with Gasteiger partial charge in [0, 0.05) is 24.2 Å². The molecule has 0 aliphatic carbocycles. The predicted molar refractivity (Wildman–Crippen MR) is 82.5 cm³/mol. The molecule has 0 aromatic heterocycles. The van der Waals surface area contributed by atoms with Gasteiger partial charge in [-0.3, -0.25) is 0 Å². The standard InChI is InChI=1S/C17H18F3NO3/c1-23-15-4-2-3-12(16(15)24-17(19)20)9-21-8-11-5-6-14(18)13(7-11)10-22/h2-7,17,21-22H,8-10H2,1H3. The summed E-state index contributed by atoms with van der Waals surface area (Å²) in [6.07, 6.45) is 0. The Morgan fingerprint density at radius 1 is 1.12 bits per heavy atom. The smallest absolute Gasteiger partial charge is 0.387 e. The van der Waals surface area contributed by atoms with Crippen molar-refractivity contribution in [2.24, 2.45) is 0 Å². The summed E-state index contributed by atoms with van der Waals surface area (Å²) < 4.78 is 48.0. The van der Waals surface area contributed by atoms with Crippen LogP contribution in [0.2, 0.25) is 0 Å². The normalized spacial score (nSPS) is 10.9. The Morgan fingerprint density at radius 2 is 1.92 bits per heavy atom. The van der Waals surface area contributed by atoms with Gasteiger partial charge in [0.15, 0.2) is 11.5 Å². The summed E-state index contributed by atoms with van der Waals surface area (Å²) in [5, 5.41) is 12.1. The number of benzene rings is 2. The molecule has 0 amide bonds. The molecule has 0 spiro atoms. The summed E-state index contributed by atoms with van der Waals surface area (Å²) in [6.45, 7) is -2.71. The van der Waals surface area contributed by atoms with Crippen molar-refractivity contribution in [1.29, 1.82) is 0 Å². The summed E-state index contributed by atoms with van der Waals surface area (Å²) in [6, 6.07) is 9.27. The number of halogens is 3. The van der Waals surface area contributed by atoms with Crippen LogP contribution in [0.25, 0.3) is 0 Å². The molecule has 2 aromatic rings. The van der Waals surface area contributed by atoms with Crippen molar-refractivity contribution in [3.05, 3.63) is 58.9 Å². The SMILES string of the molecule is COc1cccc(CNCc2ccc(F)c(CO)c2)c1OC(F)F. The minimum absolute atomic E-state index is 0.0161. The number of nitrogens with one attached hydrogen (secondary N) is 1. The van der Waals surface area contributed by atoms with Gasteiger partial charge in [0.05, 0.1) is 13.7 Å². The fourth-order valence-corrected chi connectivity index (χ4v) is 2.28. The Bertz CT molecular complexity index is 680. The van der Waals surface area contributed by atoms with Crippen LogP contribution >= 0.6 is 0 Å². The highest BCUT2D eigenvalue weighted by Gasteiger charge is 2.15. The van der Waals surface area contributed by atoms with E-state index >= 15 is 0 Å². The number of ether oxygens (including phenoxy) is 2. The van der Waals surface area contributed by atoms with E-state index in [4.69, 9.17) is 9.84 Å². The number of hydrogen-bond acceptors (Lipinski definition) is 4. The number of aliphatic hydroxyl groups excluding tert-OH is 1. The average molecular weight is 341 g/mol. The molecule has 2 N–H and O–H groups in total. The summed E-state index contributed by atoms with van der Waals surface area (Å²) in [7, 11) is 1.37. The van der Waals surface area contributed by atoms with Gasteiger partial charge in [0.25, 0.3) is 0 Å². The molecule has 0 atom stereocenters. The Balaban J connectivity index is 2.06. The molecule has 0 heterocycles. The van der Waals surface area contributed by atoms with E-state index in [1.807, 2.05) is 0 Å². The number of alkyl halides is 2. The number of rotatable bonds is 8. The largest absolute Gasteiger partial charge is 0.493 e.